The van der Waals surface area contributed by atoms with Gasteiger partial charge in [-0.1, -0.05) is 15.9 Å². The van der Waals surface area contributed by atoms with Gasteiger partial charge in [-0.15, -0.1) is 0 Å². The van der Waals surface area contributed by atoms with Gasteiger partial charge in [0.1, 0.15) is 16.5 Å². The van der Waals surface area contributed by atoms with Crippen molar-refractivity contribution in [3.8, 4) is 5.75 Å². The van der Waals surface area contributed by atoms with Crippen LogP contribution in [-0.2, 0) is 10.0 Å². The standard InChI is InChI=1S/C13H14BrN3O3S/c1-15-13-12(4-3-5-16-13)21(18,19)17-10-6-9(14)7-11(8-10)20-2/h3-8,17H,1-2H3,(H,15,16). The fraction of sp³-hybridized carbons (Fsp3) is 0.154. The van der Waals surface area contributed by atoms with Gasteiger partial charge in [0.05, 0.1) is 12.8 Å². The molecule has 0 unspecified atom stereocenters. The molecule has 1 aromatic carbocycles. The Kier molecular flexibility index (Phi) is 4.69. The predicted octanol–water partition coefficient (Wildman–Crippen LogP) is 2.70. The van der Waals surface area contributed by atoms with Crippen LogP contribution >= 0.6 is 15.9 Å². The molecule has 0 amide bonds. The van der Waals surface area contributed by atoms with Gasteiger partial charge in [0.2, 0.25) is 0 Å². The van der Waals surface area contributed by atoms with Gasteiger partial charge in [-0.25, -0.2) is 13.4 Å². The van der Waals surface area contributed by atoms with E-state index in [2.05, 4.69) is 31.0 Å². The van der Waals surface area contributed by atoms with Crippen LogP contribution in [0.2, 0.25) is 0 Å². The Bertz CT molecular complexity index is 750. The van der Waals surface area contributed by atoms with E-state index in [-0.39, 0.29) is 10.7 Å². The van der Waals surface area contributed by atoms with Crippen molar-refractivity contribution in [2.45, 2.75) is 4.90 Å². The van der Waals surface area contributed by atoms with Gasteiger partial charge >= 0.3 is 0 Å². The lowest BCUT2D eigenvalue weighted by Crippen LogP contribution is -2.15. The van der Waals surface area contributed by atoms with E-state index in [9.17, 15) is 8.42 Å². The molecule has 0 atom stereocenters. The molecule has 0 radical (unpaired) electrons. The first-order chi connectivity index (χ1) is 9.96. The summed E-state index contributed by atoms with van der Waals surface area (Å²) in [7, 11) is -0.620. The second-order valence-corrected chi connectivity index (χ2v) is 6.65. The van der Waals surface area contributed by atoms with Gasteiger partial charge in [-0.2, -0.15) is 0 Å². The van der Waals surface area contributed by atoms with Gasteiger partial charge in [0.25, 0.3) is 10.0 Å². The minimum atomic E-state index is -3.75. The lowest BCUT2D eigenvalue weighted by Gasteiger charge is -2.12. The minimum Gasteiger partial charge on any atom is -0.497 e. The highest BCUT2D eigenvalue weighted by molar-refractivity contribution is 9.10. The van der Waals surface area contributed by atoms with Gasteiger partial charge in [0.15, 0.2) is 0 Å². The number of anilines is 2. The molecular weight excluding hydrogens is 358 g/mol. The van der Waals surface area contributed by atoms with E-state index in [1.807, 2.05) is 0 Å². The highest BCUT2D eigenvalue weighted by Crippen LogP contribution is 2.27. The number of hydrogen-bond donors (Lipinski definition) is 2. The molecule has 0 aliphatic rings. The van der Waals surface area contributed by atoms with Crippen LogP contribution in [0.1, 0.15) is 0 Å². The number of ether oxygens (including phenoxy) is 1. The number of nitrogens with one attached hydrogen (secondary N) is 2. The summed E-state index contributed by atoms with van der Waals surface area (Å²) in [4.78, 5) is 4.07. The lowest BCUT2D eigenvalue weighted by molar-refractivity contribution is 0.415. The average molecular weight is 372 g/mol. The first kappa shape index (κ1) is 15.6. The molecule has 0 spiro atoms. The van der Waals surface area contributed by atoms with Gasteiger partial charge in [-0.3, -0.25) is 4.72 Å². The third kappa shape index (κ3) is 3.64. The lowest BCUT2D eigenvalue weighted by atomic mass is 10.3. The van der Waals surface area contributed by atoms with Crippen LogP contribution in [0.25, 0.3) is 0 Å². The third-order valence-corrected chi connectivity index (χ3v) is 4.53. The fourth-order valence-corrected chi connectivity index (χ4v) is 3.42. The molecule has 2 aromatic rings. The van der Waals surface area contributed by atoms with Crippen LogP contribution in [-0.4, -0.2) is 27.6 Å². The van der Waals surface area contributed by atoms with Crippen LogP contribution in [0, 0.1) is 0 Å². The number of halogens is 1. The molecule has 112 valence electrons. The van der Waals surface area contributed by atoms with Crippen molar-refractivity contribution < 1.29 is 13.2 Å². The van der Waals surface area contributed by atoms with Gasteiger partial charge < -0.3 is 10.1 Å². The molecule has 0 saturated carbocycles. The topological polar surface area (TPSA) is 80.3 Å². The van der Waals surface area contributed by atoms with Crippen LogP contribution in [0.4, 0.5) is 11.5 Å². The zero-order valence-electron chi connectivity index (χ0n) is 11.4. The Morgan fingerprint density at radius 1 is 1.29 bits per heavy atom. The Hall–Kier alpha value is -1.80. The Labute approximate surface area is 131 Å². The summed E-state index contributed by atoms with van der Waals surface area (Å²) in [5.74, 6) is 0.828. The number of sulfonamides is 1. The van der Waals surface area contributed by atoms with Crippen LogP contribution in [0.5, 0.6) is 5.75 Å². The second-order valence-electron chi connectivity index (χ2n) is 4.09. The van der Waals surface area contributed by atoms with E-state index in [0.717, 1.165) is 0 Å². The summed E-state index contributed by atoms with van der Waals surface area (Å²) in [5, 5.41) is 2.76. The van der Waals surface area contributed by atoms with Crippen molar-refractivity contribution in [3.63, 3.8) is 0 Å². The number of rotatable bonds is 5. The molecule has 0 aliphatic heterocycles. The van der Waals surface area contributed by atoms with Crippen LogP contribution in [0.3, 0.4) is 0 Å². The molecule has 1 heterocycles. The van der Waals surface area contributed by atoms with Crippen molar-refractivity contribution in [1.29, 1.82) is 0 Å². The first-order valence-electron chi connectivity index (χ1n) is 5.96. The number of aromatic nitrogens is 1. The maximum atomic E-state index is 12.4. The molecule has 0 fully saturated rings. The summed E-state index contributed by atoms with van der Waals surface area (Å²) in [6.45, 7) is 0. The molecule has 0 saturated heterocycles. The predicted molar refractivity (Wildman–Crippen MR) is 85.3 cm³/mol. The molecule has 0 aliphatic carbocycles. The summed E-state index contributed by atoms with van der Waals surface area (Å²) in [5.41, 5.74) is 0.395. The van der Waals surface area contributed by atoms with Crippen LogP contribution < -0.4 is 14.8 Å². The number of methoxy groups -OCH3 is 1. The van der Waals surface area contributed by atoms with E-state index in [4.69, 9.17) is 4.74 Å². The van der Waals surface area contributed by atoms with E-state index in [1.165, 1.54) is 19.4 Å². The maximum absolute atomic E-state index is 12.4. The quantitative estimate of drug-likeness (QED) is 0.844. The molecule has 6 nitrogen and oxygen atoms in total. The highest BCUT2D eigenvalue weighted by Gasteiger charge is 2.19. The molecule has 2 rings (SSSR count). The normalized spacial score (nSPS) is 11.0. The van der Waals surface area contributed by atoms with Crippen molar-refractivity contribution >= 4 is 37.5 Å². The monoisotopic (exact) mass is 371 g/mol. The molecule has 2 N–H and O–H groups in total. The summed E-state index contributed by atoms with van der Waals surface area (Å²) < 4.78 is 33.2. The van der Waals surface area contributed by atoms with Crippen molar-refractivity contribution in [1.82, 2.24) is 4.98 Å². The molecule has 0 bridgehead atoms. The first-order valence-corrected chi connectivity index (χ1v) is 8.24. The number of pyridine rings is 1. The Morgan fingerprint density at radius 3 is 2.71 bits per heavy atom. The largest absolute Gasteiger partial charge is 0.497 e. The summed E-state index contributed by atoms with van der Waals surface area (Å²) >= 11 is 3.31. The Balaban J connectivity index is 2.40. The van der Waals surface area contributed by atoms with E-state index < -0.39 is 10.0 Å². The smallest absolute Gasteiger partial charge is 0.265 e. The maximum Gasteiger partial charge on any atom is 0.265 e. The zero-order valence-corrected chi connectivity index (χ0v) is 13.8. The highest BCUT2D eigenvalue weighted by atomic mass is 79.9. The Morgan fingerprint density at radius 2 is 2.05 bits per heavy atom. The number of hydrogen-bond acceptors (Lipinski definition) is 5. The molecular formula is C13H14BrN3O3S. The van der Waals surface area contributed by atoms with Gasteiger partial charge in [0, 0.05) is 23.8 Å². The number of benzene rings is 1. The average Bonchev–Trinajstić information content (AvgIpc) is 2.46. The molecule has 8 heteroatoms. The van der Waals surface area contributed by atoms with Crippen LogP contribution in [0.15, 0.2) is 45.9 Å². The zero-order chi connectivity index (χ0) is 15.5. The fourth-order valence-electron chi connectivity index (χ4n) is 1.74. The third-order valence-electron chi connectivity index (χ3n) is 2.66. The SMILES string of the molecule is CNc1ncccc1S(=O)(=O)Nc1cc(Br)cc(OC)c1. The minimum absolute atomic E-state index is 0.0754. The molecule has 1 aromatic heterocycles. The van der Waals surface area contributed by atoms with E-state index >= 15 is 0 Å². The van der Waals surface area contributed by atoms with Gasteiger partial charge in [-0.05, 0) is 24.3 Å². The number of nitrogens with zero attached hydrogens (tertiary/aromatic N) is 1. The second kappa shape index (κ2) is 6.31. The van der Waals surface area contributed by atoms with Crippen molar-refractivity contribution in [2.75, 3.05) is 24.2 Å². The van der Waals surface area contributed by atoms with Crippen molar-refractivity contribution in [2.24, 2.45) is 0 Å². The summed E-state index contributed by atoms with van der Waals surface area (Å²) in [6, 6.07) is 8.03. The summed E-state index contributed by atoms with van der Waals surface area (Å²) in [6.07, 6.45) is 1.52. The molecule has 21 heavy (non-hydrogen) atoms. The van der Waals surface area contributed by atoms with Crippen molar-refractivity contribution in [3.05, 3.63) is 41.0 Å². The van der Waals surface area contributed by atoms with E-state index in [0.29, 0.717) is 15.9 Å². The van der Waals surface area contributed by atoms with E-state index in [1.54, 1.807) is 31.3 Å².